The maximum Gasteiger partial charge on any atom is 0.416 e. The molecule has 154 valence electrons. The molecule has 1 N–H and O–H groups in total. The van der Waals surface area contributed by atoms with E-state index in [1.54, 1.807) is 23.4 Å². The molecule has 4 rings (SSSR count). The third kappa shape index (κ3) is 5.08. The SMILES string of the molecule is Cl.Cl.N#Cc1ccc(NC[C@H]2CC[C@]3(CC2)CN(c2ccccn2)C(=O)O3)cn1. The number of amides is 1. The molecule has 2 aliphatic rings. The van der Waals surface area contributed by atoms with E-state index in [0.29, 0.717) is 24.0 Å². The summed E-state index contributed by atoms with van der Waals surface area (Å²) in [5.74, 6) is 1.17. The van der Waals surface area contributed by atoms with Gasteiger partial charge >= 0.3 is 6.09 Å². The average molecular weight is 436 g/mol. The third-order valence-electron chi connectivity index (χ3n) is 5.39. The highest BCUT2D eigenvalue weighted by atomic mass is 35.5. The summed E-state index contributed by atoms with van der Waals surface area (Å²) in [6.07, 6.45) is 6.80. The summed E-state index contributed by atoms with van der Waals surface area (Å²) in [6.45, 7) is 1.42. The first-order chi connectivity index (χ1) is 13.2. The average Bonchev–Trinajstić information content (AvgIpc) is 3.04. The zero-order valence-corrected chi connectivity index (χ0v) is 17.4. The predicted octanol–water partition coefficient (Wildman–Crippen LogP) is 4.19. The molecule has 2 aromatic heterocycles. The number of hydrogen-bond donors (Lipinski definition) is 1. The van der Waals surface area contributed by atoms with E-state index in [2.05, 4.69) is 15.3 Å². The van der Waals surface area contributed by atoms with E-state index < -0.39 is 0 Å². The fourth-order valence-electron chi connectivity index (χ4n) is 3.81. The Morgan fingerprint density at radius 2 is 2.00 bits per heavy atom. The maximum atomic E-state index is 12.3. The van der Waals surface area contributed by atoms with Crippen LogP contribution >= 0.6 is 24.8 Å². The smallest absolute Gasteiger partial charge is 0.416 e. The number of nitrogens with one attached hydrogen (secondary N) is 1. The quantitative estimate of drug-likeness (QED) is 0.773. The van der Waals surface area contributed by atoms with Gasteiger partial charge in [-0.3, -0.25) is 4.90 Å². The number of carbonyl (C=O) groups is 1. The Labute approximate surface area is 182 Å². The molecule has 7 nitrogen and oxygen atoms in total. The molecule has 0 aromatic carbocycles. The lowest BCUT2D eigenvalue weighted by Gasteiger charge is -2.35. The van der Waals surface area contributed by atoms with Gasteiger partial charge in [0.05, 0.1) is 18.4 Å². The lowest BCUT2D eigenvalue weighted by molar-refractivity contribution is 0.0148. The highest BCUT2D eigenvalue weighted by molar-refractivity contribution is 5.89. The second kappa shape index (κ2) is 9.77. The van der Waals surface area contributed by atoms with Crippen LogP contribution in [0.3, 0.4) is 0 Å². The van der Waals surface area contributed by atoms with Gasteiger partial charge in [-0.15, -0.1) is 24.8 Å². The molecule has 29 heavy (non-hydrogen) atoms. The lowest BCUT2D eigenvalue weighted by atomic mass is 9.78. The molecule has 1 amide bonds. The van der Waals surface area contributed by atoms with E-state index in [9.17, 15) is 4.79 Å². The molecule has 1 saturated carbocycles. The van der Waals surface area contributed by atoms with Crippen LogP contribution in [0.2, 0.25) is 0 Å². The van der Waals surface area contributed by atoms with Crippen molar-refractivity contribution in [1.82, 2.24) is 9.97 Å². The lowest BCUT2D eigenvalue weighted by Crippen LogP contribution is -2.39. The summed E-state index contributed by atoms with van der Waals surface area (Å²) in [5, 5.41) is 12.2. The monoisotopic (exact) mass is 435 g/mol. The fraction of sp³-hybridized carbons (Fsp3) is 0.400. The zero-order valence-electron chi connectivity index (χ0n) is 15.8. The number of anilines is 2. The van der Waals surface area contributed by atoms with Crippen molar-refractivity contribution in [1.29, 1.82) is 5.26 Å². The molecule has 2 fully saturated rings. The summed E-state index contributed by atoms with van der Waals surface area (Å²) in [7, 11) is 0. The van der Waals surface area contributed by atoms with Crippen molar-refractivity contribution in [3.05, 3.63) is 48.4 Å². The molecule has 2 aromatic rings. The van der Waals surface area contributed by atoms with Crippen LogP contribution in [0.1, 0.15) is 31.4 Å². The number of aromatic nitrogens is 2. The molecule has 9 heteroatoms. The minimum Gasteiger partial charge on any atom is -0.441 e. The van der Waals surface area contributed by atoms with Gasteiger partial charge in [-0.25, -0.2) is 14.8 Å². The molecule has 0 radical (unpaired) electrons. The van der Waals surface area contributed by atoms with Crippen LogP contribution in [0.15, 0.2) is 42.7 Å². The molecular weight excluding hydrogens is 413 g/mol. The Balaban J connectivity index is 0.00000150. The maximum absolute atomic E-state index is 12.3. The summed E-state index contributed by atoms with van der Waals surface area (Å²) < 4.78 is 5.78. The van der Waals surface area contributed by atoms with Crippen LogP contribution in [0.5, 0.6) is 0 Å². The number of nitrogens with zero attached hydrogens (tertiary/aromatic N) is 4. The van der Waals surface area contributed by atoms with Crippen LogP contribution in [0.4, 0.5) is 16.3 Å². The van der Waals surface area contributed by atoms with Gasteiger partial charge in [-0.1, -0.05) is 6.07 Å². The number of carbonyl (C=O) groups excluding carboxylic acids is 1. The van der Waals surface area contributed by atoms with Crippen molar-refractivity contribution >= 4 is 42.4 Å². The van der Waals surface area contributed by atoms with Crippen LogP contribution in [-0.2, 0) is 4.74 Å². The van der Waals surface area contributed by atoms with Gasteiger partial charge in [-0.05, 0) is 55.9 Å². The Morgan fingerprint density at radius 3 is 2.62 bits per heavy atom. The molecular formula is C20H23Cl2N5O2. The minimum atomic E-state index is -0.388. The van der Waals surface area contributed by atoms with E-state index in [1.807, 2.05) is 30.3 Å². The summed E-state index contributed by atoms with van der Waals surface area (Å²) in [4.78, 5) is 22.3. The van der Waals surface area contributed by atoms with E-state index in [-0.39, 0.29) is 36.5 Å². The van der Waals surface area contributed by atoms with E-state index in [0.717, 1.165) is 37.9 Å². The van der Waals surface area contributed by atoms with E-state index in [1.165, 1.54) is 0 Å². The zero-order chi connectivity index (χ0) is 18.7. The summed E-state index contributed by atoms with van der Waals surface area (Å²) in [5.41, 5.74) is 0.949. The van der Waals surface area contributed by atoms with Gasteiger partial charge in [0, 0.05) is 12.7 Å². The number of ether oxygens (including phenoxy) is 1. The van der Waals surface area contributed by atoms with Crippen molar-refractivity contribution in [2.75, 3.05) is 23.3 Å². The molecule has 1 aliphatic carbocycles. The third-order valence-corrected chi connectivity index (χ3v) is 5.39. The van der Waals surface area contributed by atoms with Crippen LogP contribution < -0.4 is 10.2 Å². The highest BCUT2D eigenvalue weighted by Crippen LogP contribution is 2.40. The Bertz CT molecular complexity index is 849. The molecule has 1 spiro atoms. The molecule has 1 aliphatic heterocycles. The number of halogens is 2. The molecule has 0 bridgehead atoms. The number of nitriles is 1. The standard InChI is InChI=1S/C20H21N5O2.2ClH/c21-11-16-4-5-17(13-24-16)23-12-15-6-8-20(9-7-15)14-25(19(26)27-20)18-3-1-2-10-22-18;;/h1-5,10,13,15,23H,6-9,12,14H2;2*1H/t15-,20-;;. The largest absolute Gasteiger partial charge is 0.441 e. The van der Waals surface area contributed by atoms with Crippen molar-refractivity contribution in [3.8, 4) is 6.07 Å². The van der Waals surface area contributed by atoms with Crippen molar-refractivity contribution < 1.29 is 9.53 Å². The summed E-state index contributed by atoms with van der Waals surface area (Å²) in [6, 6.07) is 11.1. The van der Waals surface area contributed by atoms with Crippen molar-refractivity contribution in [3.63, 3.8) is 0 Å². The first-order valence-corrected chi connectivity index (χ1v) is 9.19. The fourth-order valence-corrected chi connectivity index (χ4v) is 3.81. The van der Waals surface area contributed by atoms with Crippen LogP contribution in [0, 0.1) is 17.2 Å². The number of pyridine rings is 2. The highest BCUT2D eigenvalue weighted by Gasteiger charge is 2.47. The second-order valence-corrected chi connectivity index (χ2v) is 7.19. The van der Waals surface area contributed by atoms with Crippen molar-refractivity contribution in [2.45, 2.75) is 31.3 Å². The first kappa shape index (κ1) is 22.7. The molecule has 0 atom stereocenters. The predicted molar refractivity (Wildman–Crippen MR) is 115 cm³/mol. The second-order valence-electron chi connectivity index (χ2n) is 7.19. The van der Waals surface area contributed by atoms with Gasteiger partial charge in [0.15, 0.2) is 0 Å². The summed E-state index contributed by atoms with van der Waals surface area (Å²) >= 11 is 0. The van der Waals surface area contributed by atoms with Gasteiger partial charge in [-0.2, -0.15) is 5.26 Å². The Kier molecular flexibility index (Phi) is 7.66. The van der Waals surface area contributed by atoms with Gasteiger partial charge in [0.1, 0.15) is 23.2 Å². The van der Waals surface area contributed by atoms with E-state index in [4.69, 9.17) is 10.00 Å². The van der Waals surface area contributed by atoms with Crippen LogP contribution in [-0.4, -0.2) is 34.8 Å². The van der Waals surface area contributed by atoms with Crippen molar-refractivity contribution in [2.24, 2.45) is 5.92 Å². The number of rotatable bonds is 4. The topological polar surface area (TPSA) is 91.1 Å². The molecule has 0 unspecified atom stereocenters. The van der Waals surface area contributed by atoms with E-state index >= 15 is 0 Å². The minimum absolute atomic E-state index is 0. The van der Waals surface area contributed by atoms with Gasteiger partial charge < -0.3 is 10.1 Å². The Morgan fingerprint density at radius 1 is 1.21 bits per heavy atom. The molecule has 3 heterocycles. The molecule has 1 saturated heterocycles. The normalized spacial score (nSPS) is 22.8. The van der Waals surface area contributed by atoms with Crippen LogP contribution in [0.25, 0.3) is 0 Å². The first-order valence-electron chi connectivity index (χ1n) is 9.19. The van der Waals surface area contributed by atoms with Gasteiger partial charge in [0.25, 0.3) is 0 Å². The number of hydrogen-bond acceptors (Lipinski definition) is 6. The Hall–Kier alpha value is -2.56. The van der Waals surface area contributed by atoms with Gasteiger partial charge in [0.2, 0.25) is 0 Å².